The molecule has 1 aromatic rings. The van der Waals surface area contributed by atoms with E-state index in [2.05, 4.69) is 17.3 Å². The molecular weight excluding hydrogens is 254 g/mol. The van der Waals surface area contributed by atoms with E-state index in [-0.39, 0.29) is 11.8 Å². The van der Waals surface area contributed by atoms with Gasteiger partial charge >= 0.3 is 0 Å². The number of nitrogens with one attached hydrogen (secondary N) is 1. The number of hydrogen-bond donors (Lipinski definition) is 1. The van der Waals surface area contributed by atoms with Gasteiger partial charge in [0.1, 0.15) is 0 Å². The summed E-state index contributed by atoms with van der Waals surface area (Å²) in [6.07, 6.45) is 0.446. The van der Waals surface area contributed by atoms with Crippen molar-refractivity contribution in [1.82, 2.24) is 9.80 Å². The molecule has 1 aliphatic rings. The first-order valence-electron chi connectivity index (χ1n) is 6.98. The fourth-order valence-electron chi connectivity index (χ4n) is 2.14. The Balaban J connectivity index is 1.98. The zero-order valence-electron chi connectivity index (χ0n) is 12.1. The number of rotatable bonds is 3. The van der Waals surface area contributed by atoms with Gasteiger partial charge in [-0.15, -0.1) is 0 Å². The van der Waals surface area contributed by atoms with Crippen molar-refractivity contribution in [3.8, 4) is 0 Å². The smallest absolute Gasteiger partial charge is 0.253 e. The molecule has 0 aromatic heterocycles. The molecule has 1 heterocycles. The van der Waals surface area contributed by atoms with E-state index >= 15 is 0 Å². The molecule has 2 rings (SSSR count). The van der Waals surface area contributed by atoms with Gasteiger partial charge in [0, 0.05) is 43.9 Å². The van der Waals surface area contributed by atoms with Crippen molar-refractivity contribution in [2.24, 2.45) is 0 Å². The number of hydrogen-bond acceptors (Lipinski definition) is 3. The first-order chi connectivity index (χ1) is 9.60. The van der Waals surface area contributed by atoms with Crippen molar-refractivity contribution in [1.29, 1.82) is 0 Å². The minimum absolute atomic E-state index is 0.0249. The molecule has 1 aromatic carbocycles. The van der Waals surface area contributed by atoms with Gasteiger partial charge in [0.25, 0.3) is 5.91 Å². The van der Waals surface area contributed by atoms with E-state index < -0.39 is 0 Å². The summed E-state index contributed by atoms with van der Waals surface area (Å²) in [5.74, 6) is 0.0367. The molecule has 0 spiro atoms. The van der Waals surface area contributed by atoms with Gasteiger partial charge in [-0.25, -0.2) is 0 Å². The lowest BCUT2D eigenvalue weighted by atomic mass is 10.1. The zero-order chi connectivity index (χ0) is 14.5. The summed E-state index contributed by atoms with van der Waals surface area (Å²) < 4.78 is 0. The second-order valence-electron chi connectivity index (χ2n) is 5.07. The molecule has 0 unspecified atom stereocenters. The number of benzene rings is 1. The van der Waals surface area contributed by atoms with Crippen LogP contribution < -0.4 is 5.32 Å². The van der Waals surface area contributed by atoms with Gasteiger partial charge in [-0.2, -0.15) is 0 Å². The fraction of sp³-hybridized carbons (Fsp3) is 0.467. The monoisotopic (exact) mass is 275 g/mol. The average Bonchev–Trinajstić information content (AvgIpc) is 2.48. The summed E-state index contributed by atoms with van der Waals surface area (Å²) in [7, 11) is 2.06. The van der Waals surface area contributed by atoms with Crippen LogP contribution in [0.3, 0.4) is 0 Å². The van der Waals surface area contributed by atoms with Gasteiger partial charge in [0.15, 0.2) is 0 Å². The second kappa shape index (κ2) is 6.52. The summed E-state index contributed by atoms with van der Waals surface area (Å²) in [6.45, 7) is 5.17. The third-order valence-corrected chi connectivity index (χ3v) is 3.53. The molecule has 0 saturated carbocycles. The van der Waals surface area contributed by atoms with Gasteiger partial charge in [0.2, 0.25) is 5.91 Å². The molecule has 1 saturated heterocycles. The van der Waals surface area contributed by atoms with Gasteiger partial charge in [-0.3, -0.25) is 9.59 Å². The van der Waals surface area contributed by atoms with Crippen LogP contribution in [0, 0.1) is 0 Å². The minimum Gasteiger partial charge on any atom is -0.336 e. The highest BCUT2D eigenvalue weighted by atomic mass is 16.2. The molecule has 1 aliphatic heterocycles. The predicted octanol–water partition coefficient (Wildman–Crippen LogP) is 1.42. The number of likely N-dealkylation sites (N-methyl/N-ethyl adjacent to an activating group) is 1. The van der Waals surface area contributed by atoms with E-state index in [1.807, 2.05) is 4.90 Å². The van der Waals surface area contributed by atoms with Crippen LogP contribution in [-0.4, -0.2) is 54.8 Å². The lowest BCUT2D eigenvalue weighted by molar-refractivity contribution is -0.115. The van der Waals surface area contributed by atoms with Gasteiger partial charge in [0.05, 0.1) is 0 Å². The zero-order valence-corrected chi connectivity index (χ0v) is 12.1. The Hall–Kier alpha value is -1.88. The van der Waals surface area contributed by atoms with Crippen LogP contribution in [0.4, 0.5) is 5.69 Å². The molecule has 108 valence electrons. The van der Waals surface area contributed by atoms with E-state index in [0.717, 1.165) is 31.9 Å². The fourth-order valence-corrected chi connectivity index (χ4v) is 2.14. The summed E-state index contributed by atoms with van der Waals surface area (Å²) in [5.41, 5.74) is 1.40. The van der Waals surface area contributed by atoms with Crippen LogP contribution >= 0.6 is 0 Å². The highest BCUT2D eigenvalue weighted by Crippen LogP contribution is 2.13. The SMILES string of the molecule is CCC(=O)Nc1ccc(C(=O)N2CCN(C)CC2)cc1. The lowest BCUT2D eigenvalue weighted by Gasteiger charge is -2.32. The number of amides is 2. The maximum atomic E-state index is 12.3. The molecule has 0 bridgehead atoms. The molecule has 0 radical (unpaired) electrons. The van der Waals surface area contributed by atoms with Gasteiger partial charge < -0.3 is 15.1 Å². The number of piperazine rings is 1. The highest BCUT2D eigenvalue weighted by Gasteiger charge is 2.20. The average molecular weight is 275 g/mol. The van der Waals surface area contributed by atoms with E-state index in [1.54, 1.807) is 31.2 Å². The Labute approximate surface area is 119 Å². The Morgan fingerprint density at radius 3 is 2.25 bits per heavy atom. The van der Waals surface area contributed by atoms with Crippen molar-refractivity contribution in [3.05, 3.63) is 29.8 Å². The largest absolute Gasteiger partial charge is 0.336 e. The van der Waals surface area contributed by atoms with Crippen LogP contribution in [0.15, 0.2) is 24.3 Å². The Bertz CT molecular complexity index is 476. The van der Waals surface area contributed by atoms with Crippen LogP contribution in [-0.2, 0) is 4.79 Å². The Morgan fingerprint density at radius 2 is 1.70 bits per heavy atom. The van der Waals surface area contributed by atoms with Gasteiger partial charge in [-0.1, -0.05) is 6.92 Å². The van der Waals surface area contributed by atoms with Crippen LogP contribution in [0.1, 0.15) is 23.7 Å². The lowest BCUT2D eigenvalue weighted by Crippen LogP contribution is -2.47. The van der Waals surface area contributed by atoms with Crippen molar-refractivity contribution < 1.29 is 9.59 Å². The summed E-state index contributed by atoms with van der Waals surface area (Å²) >= 11 is 0. The topological polar surface area (TPSA) is 52.7 Å². The van der Waals surface area contributed by atoms with Crippen molar-refractivity contribution >= 4 is 17.5 Å². The maximum Gasteiger partial charge on any atom is 0.253 e. The molecule has 0 aliphatic carbocycles. The number of carbonyl (C=O) groups excluding carboxylic acids is 2. The quantitative estimate of drug-likeness (QED) is 0.907. The van der Waals surface area contributed by atoms with Gasteiger partial charge in [-0.05, 0) is 31.3 Å². The van der Waals surface area contributed by atoms with Crippen LogP contribution in [0.25, 0.3) is 0 Å². The van der Waals surface area contributed by atoms with Crippen molar-refractivity contribution in [3.63, 3.8) is 0 Å². The van der Waals surface area contributed by atoms with E-state index in [1.165, 1.54) is 0 Å². The maximum absolute atomic E-state index is 12.3. The first kappa shape index (κ1) is 14.5. The predicted molar refractivity (Wildman–Crippen MR) is 78.8 cm³/mol. The van der Waals surface area contributed by atoms with E-state index in [0.29, 0.717) is 12.0 Å². The summed E-state index contributed by atoms with van der Waals surface area (Å²) in [5, 5.41) is 2.77. The number of nitrogens with zero attached hydrogens (tertiary/aromatic N) is 2. The number of carbonyl (C=O) groups is 2. The summed E-state index contributed by atoms with van der Waals surface area (Å²) in [6, 6.07) is 7.09. The minimum atomic E-state index is -0.0249. The second-order valence-corrected chi connectivity index (χ2v) is 5.07. The normalized spacial score (nSPS) is 16.0. The Kier molecular flexibility index (Phi) is 4.74. The van der Waals surface area contributed by atoms with Crippen LogP contribution in [0.2, 0.25) is 0 Å². The van der Waals surface area contributed by atoms with Crippen molar-refractivity contribution in [2.75, 3.05) is 38.5 Å². The van der Waals surface area contributed by atoms with E-state index in [9.17, 15) is 9.59 Å². The molecule has 5 heteroatoms. The first-order valence-corrected chi connectivity index (χ1v) is 6.98. The third-order valence-electron chi connectivity index (χ3n) is 3.53. The molecule has 1 fully saturated rings. The highest BCUT2D eigenvalue weighted by molar-refractivity contribution is 5.95. The van der Waals surface area contributed by atoms with Crippen LogP contribution in [0.5, 0.6) is 0 Å². The molecule has 20 heavy (non-hydrogen) atoms. The molecular formula is C15H21N3O2. The third kappa shape index (κ3) is 3.57. The summed E-state index contributed by atoms with van der Waals surface area (Å²) in [4.78, 5) is 27.7. The Morgan fingerprint density at radius 1 is 1.10 bits per heavy atom. The molecule has 0 atom stereocenters. The molecule has 5 nitrogen and oxygen atoms in total. The molecule has 1 N–H and O–H groups in total. The number of anilines is 1. The standard InChI is InChI=1S/C15H21N3O2/c1-3-14(19)16-13-6-4-12(5-7-13)15(20)18-10-8-17(2)9-11-18/h4-7H,3,8-11H2,1-2H3,(H,16,19). The van der Waals surface area contributed by atoms with Crippen molar-refractivity contribution in [2.45, 2.75) is 13.3 Å². The van der Waals surface area contributed by atoms with E-state index in [4.69, 9.17) is 0 Å². The molecule has 2 amide bonds.